The highest BCUT2D eigenvalue weighted by Gasteiger charge is 2.11. The van der Waals surface area contributed by atoms with E-state index in [1.54, 1.807) is 17.0 Å². The predicted octanol–water partition coefficient (Wildman–Crippen LogP) is 4.18. The molecule has 2 aromatic rings. The quantitative estimate of drug-likeness (QED) is 0.860. The Morgan fingerprint density at radius 1 is 1.18 bits per heavy atom. The number of hydrogen-bond donors (Lipinski definition) is 1. The van der Waals surface area contributed by atoms with E-state index in [0.29, 0.717) is 22.5 Å². The van der Waals surface area contributed by atoms with Crippen LogP contribution in [0, 0.1) is 0 Å². The molecule has 0 spiro atoms. The molecule has 1 aromatic carbocycles. The number of aromatic nitrogens is 1. The summed E-state index contributed by atoms with van der Waals surface area (Å²) in [5, 5.41) is 3.17. The number of carbonyl (C=O) groups excluding carboxylic acids is 1. The summed E-state index contributed by atoms with van der Waals surface area (Å²) in [6.45, 7) is 4.27. The lowest BCUT2D eigenvalue weighted by Crippen LogP contribution is -2.15. The van der Waals surface area contributed by atoms with Crippen molar-refractivity contribution in [3.63, 3.8) is 0 Å². The highest BCUT2D eigenvalue weighted by molar-refractivity contribution is 6.30. The molecule has 4 nitrogen and oxygen atoms in total. The Bertz CT molecular complexity index is 666. The third-order valence-corrected chi connectivity index (χ3v) is 3.53. The van der Waals surface area contributed by atoms with Gasteiger partial charge in [-0.2, -0.15) is 0 Å². The van der Waals surface area contributed by atoms with Crippen LogP contribution in [0.3, 0.4) is 0 Å². The van der Waals surface area contributed by atoms with Crippen LogP contribution >= 0.6 is 11.6 Å². The average molecular weight is 318 g/mol. The lowest BCUT2D eigenvalue weighted by molar-refractivity contribution is 0.102. The fourth-order valence-corrected chi connectivity index (χ4v) is 2.20. The van der Waals surface area contributed by atoms with Gasteiger partial charge in [-0.3, -0.25) is 4.79 Å². The normalized spacial score (nSPS) is 10.6. The van der Waals surface area contributed by atoms with Crippen LogP contribution in [-0.2, 0) is 0 Å². The van der Waals surface area contributed by atoms with Gasteiger partial charge in [0, 0.05) is 25.3 Å². The molecule has 0 radical (unpaired) electrons. The Morgan fingerprint density at radius 2 is 1.82 bits per heavy atom. The molecule has 1 aromatic heterocycles. The fourth-order valence-electron chi connectivity index (χ4n) is 2.00. The number of nitrogens with zero attached hydrogens (tertiary/aromatic N) is 2. The Labute approximate surface area is 136 Å². The largest absolute Gasteiger partial charge is 0.363 e. The summed E-state index contributed by atoms with van der Waals surface area (Å²) in [7, 11) is 3.70. The summed E-state index contributed by atoms with van der Waals surface area (Å²) < 4.78 is 0. The summed E-state index contributed by atoms with van der Waals surface area (Å²) in [5.41, 5.74) is 2.48. The molecule has 0 atom stereocenters. The number of carbonyl (C=O) groups is 1. The van der Waals surface area contributed by atoms with E-state index >= 15 is 0 Å². The van der Waals surface area contributed by atoms with Crippen LogP contribution in [0.5, 0.6) is 0 Å². The zero-order chi connectivity index (χ0) is 16.3. The van der Waals surface area contributed by atoms with Crippen molar-refractivity contribution in [2.45, 2.75) is 19.8 Å². The fraction of sp³-hybridized carbons (Fsp3) is 0.294. The molecule has 1 N–H and O–H groups in total. The maximum Gasteiger partial charge on any atom is 0.255 e. The number of amides is 1. The Hall–Kier alpha value is -2.07. The van der Waals surface area contributed by atoms with Gasteiger partial charge in [0.05, 0.1) is 0 Å². The van der Waals surface area contributed by atoms with Gasteiger partial charge in [-0.15, -0.1) is 0 Å². The zero-order valence-corrected chi connectivity index (χ0v) is 14.0. The summed E-state index contributed by atoms with van der Waals surface area (Å²) >= 11 is 5.98. The van der Waals surface area contributed by atoms with Crippen molar-refractivity contribution in [3.8, 4) is 0 Å². The van der Waals surface area contributed by atoms with E-state index in [1.165, 1.54) is 5.56 Å². The molecule has 0 saturated heterocycles. The van der Waals surface area contributed by atoms with Gasteiger partial charge in [0.15, 0.2) is 0 Å². The van der Waals surface area contributed by atoms with Gasteiger partial charge in [0.25, 0.3) is 5.91 Å². The minimum absolute atomic E-state index is 0.204. The number of nitrogens with one attached hydrogen (secondary N) is 1. The highest BCUT2D eigenvalue weighted by atomic mass is 35.5. The standard InChI is InChI=1S/C17H20ClN3O/c1-11(2)12-5-7-14(8-6-12)19-17(22)13-9-15(18)20-16(10-13)21(3)4/h5-11H,1-4H3,(H,19,22). The van der Waals surface area contributed by atoms with E-state index < -0.39 is 0 Å². The van der Waals surface area contributed by atoms with Gasteiger partial charge in [0.1, 0.15) is 11.0 Å². The van der Waals surface area contributed by atoms with Crippen molar-refractivity contribution in [1.82, 2.24) is 4.98 Å². The second-order valence-electron chi connectivity index (χ2n) is 5.66. The second-order valence-corrected chi connectivity index (χ2v) is 6.05. The van der Waals surface area contributed by atoms with Gasteiger partial charge >= 0.3 is 0 Å². The summed E-state index contributed by atoms with van der Waals surface area (Å²) in [4.78, 5) is 18.3. The molecule has 0 aliphatic heterocycles. The number of halogens is 1. The highest BCUT2D eigenvalue weighted by Crippen LogP contribution is 2.20. The van der Waals surface area contributed by atoms with Crippen molar-refractivity contribution in [1.29, 1.82) is 0 Å². The van der Waals surface area contributed by atoms with E-state index in [2.05, 4.69) is 24.1 Å². The molecule has 0 unspecified atom stereocenters. The molecule has 0 bridgehead atoms. The Balaban J connectivity index is 2.18. The van der Waals surface area contributed by atoms with E-state index in [4.69, 9.17) is 11.6 Å². The van der Waals surface area contributed by atoms with E-state index in [9.17, 15) is 4.79 Å². The van der Waals surface area contributed by atoms with Gasteiger partial charge in [0.2, 0.25) is 0 Å². The predicted molar refractivity (Wildman–Crippen MR) is 92.1 cm³/mol. The first kappa shape index (κ1) is 16.3. The molecular weight excluding hydrogens is 298 g/mol. The molecule has 0 aliphatic rings. The van der Waals surface area contributed by atoms with Crippen LogP contribution in [0.4, 0.5) is 11.5 Å². The van der Waals surface area contributed by atoms with Crippen LogP contribution in [0.15, 0.2) is 36.4 Å². The van der Waals surface area contributed by atoms with Crippen LogP contribution in [-0.4, -0.2) is 25.0 Å². The van der Waals surface area contributed by atoms with Gasteiger partial charge in [-0.05, 0) is 35.7 Å². The van der Waals surface area contributed by atoms with Crippen molar-refractivity contribution in [2.24, 2.45) is 0 Å². The molecular formula is C17H20ClN3O. The van der Waals surface area contributed by atoms with Crippen LogP contribution < -0.4 is 10.2 Å². The van der Waals surface area contributed by atoms with E-state index in [1.807, 2.05) is 38.4 Å². The number of hydrogen-bond acceptors (Lipinski definition) is 3. The van der Waals surface area contributed by atoms with Crippen molar-refractivity contribution in [3.05, 3.63) is 52.7 Å². The topological polar surface area (TPSA) is 45.2 Å². The van der Waals surface area contributed by atoms with Gasteiger partial charge < -0.3 is 10.2 Å². The van der Waals surface area contributed by atoms with Crippen LogP contribution in [0.25, 0.3) is 0 Å². The van der Waals surface area contributed by atoms with Crippen molar-refractivity contribution < 1.29 is 4.79 Å². The minimum Gasteiger partial charge on any atom is -0.363 e. The molecule has 22 heavy (non-hydrogen) atoms. The van der Waals surface area contributed by atoms with Crippen LogP contribution in [0.1, 0.15) is 35.7 Å². The summed E-state index contributed by atoms with van der Waals surface area (Å²) in [5.74, 6) is 0.906. The summed E-state index contributed by atoms with van der Waals surface area (Å²) in [6.07, 6.45) is 0. The van der Waals surface area contributed by atoms with Gasteiger partial charge in [-0.1, -0.05) is 37.6 Å². The molecule has 1 heterocycles. The first-order valence-electron chi connectivity index (χ1n) is 7.13. The first-order valence-corrected chi connectivity index (χ1v) is 7.51. The molecule has 2 rings (SSSR count). The number of rotatable bonds is 4. The molecule has 116 valence electrons. The lowest BCUT2D eigenvalue weighted by Gasteiger charge is -2.13. The molecule has 0 fully saturated rings. The number of benzene rings is 1. The monoisotopic (exact) mass is 317 g/mol. The molecule has 0 aliphatic carbocycles. The minimum atomic E-state index is -0.204. The second kappa shape index (κ2) is 6.79. The third kappa shape index (κ3) is 3.98. The summed E-state index contributed by atoms with van der Waals surface area (Å²) in [6, 6.07) is 11.1. The van der Waals surface area contributed by atoms with Crippen LogP contribution in [0.2, 0.25) is 5.15 Å². The number of anilines is 2. The van der Waals surface area contributed by atoms with Gasteiger partial charge in [-0.25, -0.2) is 4.98 Å². The maximum atomic E-state index is 12.3. The SMILES string of the molecule is CC(C)c1ccc(NC(=O)c2cc(Cl)nc(N(C)C)c2)cc1. The average Bonchev–Trinajstić information content (AvgIpc) is 2.47. The Morgan fingerprint density at radius 3 is 2.36 bits per heavy atom. The van der Waals surface area contributed by atoms with E-state index in [-0.39, 0.29) is 5.91 Å². The van der Waals surface area contributed by atoms with Crippen molar-refractivity contribution in [2.75, 3.05) is 24.3 Å². The molecule has 1 amide bonds. The maximum absolute atomic E-state index is 12.3. The zero-order valence-electron chi connectivity index (χ0n) is 13.2. The molecule has 5 heteroatoms. The Kier molecular flexibility index (Phi) is 5.03. The van der Waals surface area contributed by atoms with Crippen molar-refractivity contribution >= 4 is 29.0 Å². The third-order valence-electron chi connectivity index (χ3n) is 3.34. The lowest BCUT2D eigenvalue weighted by atomic mass is 10.0. The number of pyridine rings is 1. The first-order chi connectivity index (χ1) is 10.4. The molecule has 0 saturated carbocycles. The smallest absolute Gasteiger partial charge is 0.255 e. The van der Waals surface area contributed by atoms with E-state index in [0.717, 1.165) is 5.69 Å².